The quantitative estimate of drug-likeness (QED) is 0.238. The highest BCUT2D eigenvalue weighted by Gasteiger charge is 2.52. The molecule has 0 spiro atoms. The van der Waals surface area contributed by atoms with Crippen molar-refractivity contribution in [2.45, 2.75) is 13.0 Å². The molecule has 2 aliphatic rings. The molecule has 0 aromatic heterocycles. The topological polar surface area (TPSA) is 76.2 Å². The summed E-state index contributed by atoms with van der Waals surface area (Å²) in [6, 6.07) is 9.84. The van der Waals surface area contributed by atoms with Crippen molar-refractivity contribution in [3.63, 3.8) is 0 Å². The van der Waals surface area contributed by atoms with Gasteiger partial charge in [0.05, 0.1) is 19.3 Å². The van der Waals surface area contributed by atoms with E-state index in [2.05, 4.69) is 11.5 Å². The molecule has 0 aliphatic carbocycles. The van der Waals surface area contributed by atoms with Gasteiger partial charge in [0.1, 0.15) is 24.1 Å². The average Bonchev–Trinajstić information content (AvgIpc) is 3.12. The Labute approximate surface area is 204 Å². The Morgan fingerprint density at radius 2 is 1.91 bits per heavy atom. The lowest BCUT2D eigenvalue weighted by atomic mass is 9.85. The van der Waals surface area contributed by atoms with E-state index in [1.807, 2.05) is 0 Å². The van der Waals surface area contributed by atoms with Crippen LogP contribution in [0.1, 0.15) is 27.5 Å². The molecule has 4 rings (SSSR count). The van der Waals surface area contributed by atoms with E-state index < -0.39 is 35.3 Å². The second-order valence-electron chi connectivity index (χ2n) is 8.71. The Balaban J connectivity index is 1.66. The number of amides is 1. The van der Waals surface area contributed by atoms with E-state index >= 15 is 0 Å². The minimum Gasteiger partial charge on any atom is -0.489 e. The zero-order valence-electron chi connectivity index (χ0n) is 19.7. The smallest absolute Gasteiger partial charge is 0.291 e. The summed E-state index contributed by atoms with van der Waals surface area (Å²) in [6.07, 6.45) is 1.62. The maximum atomic E-state index is 14.9. The Bertz CT molecular complexity index is 1130. The third kappa shape index (κ3) is 5.18. The molecule has 2 heterocycles. The summed E-state index contributed by atoms with van der Waals surface area (Å²) in [5.41, 5.74) is 1.15. The number of hydrogen-bond acceptors (Lipinski definition) is 6. The largest absolute Gasteiger partial charge is 0.489 e. The number of nitrogens with zero attached hydrogens (tertiary/aromatic N) is 2. The Hall–Kier alpha value is -3.36. The van der Waals surface area contributed by atoms with Crippen LogP contribution in [0.5, 0.6) is 5.75 Å². The van der Waals surface area contributed by atoms with Crippen molar-refractivity contribution in [1.29, 1.82) is 0 Å². The van der Waals surface area contributed by atoms with Gasteiger partial charge in [-0.2, -0.15) is 0 Å². The van der Waals surface area contributed by atoms with Gasteiger partial charge in [-0.3, -0.25) is 19.3 Å². The summed E-state index contributed by atoms with van der Waals surface area (Å²) in [5, 5.41) is 0. The number of Topliss-reactive ketones (excluding diaryl/α,β-unsaturated/α-hetero) is 2. The Morgan fingerprint density at radius 3 is 2.60 bits per heavy atom. The molecule has 8 heteroatoms. The van der Waals surface area contributed by atoms with Crippen molar-refractivity contribution in [1.82, 2.24) is 9.80 Å². The van der Waals surface area contributed by atoms with Crippen LogP contribution in [-0.4, -0.2) is 73.3 Å². The molecular formula is C27H29FN2O5. The molecule has 2 atom stereocenters. The lowest BCUT2D eigenvalue weighted by molar-refractivity contribution is -0.141. The highest BCUT2D eigenvalue weighted by atomic mass is 19.1. The highest BCUT2D eigenvalue weighted by Crippen LogP contribution is 2.39. The van der Waals surface area contributed by atoms with E-state index in [4.69, 9.17) is 9.47 Å². The van der Waals surface area contributed by atoms with E-state index in [1.54, 1.807) is 37.3 Å². The highest BCUT2D eigenvalue weighted by molar-refractivity contribution is 6.44. The van der Waals surface area contributed by atoms with Crippen LogP contribution in [0.2, 0.25) is 0 Å². The fourth-order valence-electron chi connectivity index (χ4n) is 4.66. The fourth-order valence-corrected chi connectivity index (χ4v) is 4.66. The van der Waals surface area contributed by atoms with E-state index in [0.717, 1.165) is 0 Å². The number of morpholine rings is 1. The molecule has 0 saturated carbocycles. The van der Waals surface area contributed by atoms with Crippen molar-refractivity contribution in [2.75, 3.05) is 46.0 Å². The van der Waals surface area contributed by atoms with Crippen molar-refractivity contribution < 1.29 is 28.2 Å². The summed E-state index contributed by atoms with van der Waals surface area (Å²) in [5.74, 6) is -3.37. The van der Waals surface area contributed by atoms with E-state index in [9.17, 15) is 18.8 Å². The first-order chi connectivity index (χ1) is 16.9. The van der Waals surface area contributed by atoms with Crippen LogP contribution >= 0.6 is 0 Å². The van der Waals surface area contributed by atoms with Crippen molar-refractivity contribution >= 4 is 17.5 Å². The van der Waals surface area contributed by atoms with Gasteiger partial charge in [0, 0.05) is 37.3 Å². The molecule has 184 valence electrons. The molecule has 1 amide bonds. The van der Waals surface area contributed by atoms with Crippen LogP contribution < -0.4 is 4.74 Å². The van der Waals surface area contributed by atoms with E-state index in [-0.39, 0.29) is 17.7 Å². The molecule has 2 aromatic rings. The van der Waals surface area contributed by atoms with Gasteiger partial charge in [-0.15, -0.1) is 0 Å². The van der Waals surface area contributed by atoms with Crippen molar-refractivity contribution in [2.24, 2.45) is 5.92 Å². The van der Waals surface area contributed by atoms with Gasteiger partial charge in [-0.1, -0.05) is 30.9 Å². The Morgan fingerprint density at radius 1 is 1.17 bits per heavy atom. The number of aryl methyl sites for hydroxylation is 1. The molecule has 2 aromatic carbocycles. The minimum absolute atomic E-state index is 0.162. The van der Waals surface area contributed by atoms with Gasteiger partial charge >= 0.3 is 0 Å². The van der Waals surface area contributed by atoms with Gasteiger partial charge in [0.25, 0.3) is 5.91 Å². The number of hydrogen-bond donors (Lipinski definition) is 0. The standard InChI is InChI=1S/C27H29FN2O5/c1-3-14-35-22-9-8-19(17-18(22)2)25(31)23-24(20-6-4-5-7-21(20)28)30(27(33)26(23)32)11-10-29-12-15-34-16-13-29/h3-9,17,23-24H,1,10-16H2,2H3. The van der Waals surface area contributed by atoms with E-state index in [1.165, 1.54) is 23.1 Å². The van der Waals surface area contributed by atoms with Gasteiger partial charge in [0.15, 0.2) is 5.78 Å². The first-order valence-electron chi connectivity index (χ1n) is 11.7. The van der Waals surface area contributed by atoms with Crippen molar-refractivity contribution in [3.8, 4) is 5.75 Å². The molecule has 2 aliphatic heterocycles. The normalized spacial score (nSPS) is 20.8. The third-order valence-electron chi connectivity index (χ3n) is 6.49. The average molecular weight is 481 g/mol. The maximum Gasteiger partial charge on any atom is 0.291 e. The number of benzene rings is 2. The van der Waals surface area contributed by atoms with Crippen LogP contribution in [-0.2, 0) is 14.3 Å². The fraction of sp³-hybridized carbons (Fsp3) is 0.370. The summed E-state index contributed by atoms with van der Waals surface area (Å²) in [4.78, 5) is 43.4. The zero-order valence-corrected chi connectivity index (χ0v) is 19.7. The monoisotopic (exact) mass is 480 g/mol. The van der Waals surface area contributed by atoms with Crippen LogP contribution in [0, 0.1) is 18.7 Å². The van der Waals surface area contributed by atoms with Gasteiger partial charge < -0.3 is 14.4 Å². The molecule has 35 heavy (non-hydrogen) atoms. The molecule has 2 saturated heterocycles. The lowest BCUT2D eigenvalue weighted by Crippen LogP contribution is -2.43. The number of halogens is 1. The summed E-state index contributed by atoms with van der Waals surface area (Å²) in [7, 11) is 0. The second-order valence-corrected chi connectivity index (χ2v) is 8.71. The van der Waals surface area contributed by atoms with Crippen LogP contribution in [0.3, 0.4) is 0 Å². The SMILES string of the molecule is C=CCOc1ccc(C(=O)C2C(=O)C(=O)N(CCN3CCOCC3)C2c2ccccc2F)cc1C. The third-order valence-corrected chi connectivity index (χ3v) is 6.49. The number of ether oxygens (including phenoxy) is 2. The number of ketones is 2. The maximum absolute atomic E-state index is 14.9. The zero-order chi connectivity index (χ0) is 24.9. The van der Waals surface area contributed by atoms with E-state index in [0.29, 0.717) is 50.8 Å². The molecule has 0 bridgehead atoms. The predicted octanol–water partition coefficient (Wildman–Crippen LogP) is 2.98. The first-order valence-corrected chi connectivity index (χ1v) is 11.7. The number of carbonyl (C=O) groups excluding carboxylic acids is 3. The molecule has 2 unspecified atom stereocenters. The van der Waals surface area contributed by atoms with Gasteiger partial charge in [-0.25, -0.2) is 4.39 Å². The number of carbonyl (C=O) groups is 3. The summed E-state index contributed by atoms with van der Waals surface area (Å²) < 4.78 is 25.9. The Kier molecular flexibility index (Phi) is 7.73. The molecular weight excluding hydrogens is 451 g/mol. The second kappa shape index (κ2) is 10.9. The van der Waals surface area contributed by atoms with Gasteiger partial charge in [-0.05, 0) is 36.8 Å². The molecule has 0 radical (unpaired) electrons. The summed E-state index contributed by atoms with van der Waals surface area (Å²) in [6.45, 7) is 9.05. The van der Waals surface area contributed by atoms with Gasteiger partial charge in [0.2, 0.25) is 5.78 Å². The summed E-state index contributed by atoms with van der Waals surface area (Å²) >= 11 is 0. The van der Waals surface area contributed by atoms with Crippen molar-refractivity contribution in [3.05, 3.63) is 77.6 Å². The minimum atomic E-state index is -1.33. The van der Waals surface area contributed by atoms with Crippen LogP contribution in [0.25, 0.3) is 0 Å². The molecule has 7 nitrogen and oxygen atoms in total. The predicted molar refractivity (Wildman–Crippen MR) is 128 cm³/mol. The molecule has 0 N–H and O–H groups in total. The number of likely N-dealkylation sites (tertiary alicyclic amines) is 1. The molecule has 2 fully saturated rings. The van der Waals surface area contributed by atoms with Crippen LogP contribution in [0.15, 0.2) is 55.1 Å². The first kappa shape index (κ1) is 24.8. The lowest BCUT2D eigenvalue weighted by Gasteiger charge is -2.31. The van der Waals surface area contributed by atoms with Crippen LogP contribution in [0.4, 0.5) is 4.39 Å². The number of rotatable bonds is 9.